The number of halogens is 1. The monoisotopic (exact) mass is 491 g/mol. The van der Waals surface area contributed by atoms with Gasteiger partial charge < -0.3 is 25.2 Å². The van der Waals surface area contributed by atoms with Crippen LogP contribution in [0.1, 0.15) is 11.1 Å². The summed E-state index contributed by atoms with van der Waals surface area (Å²) >= 11 is 4.27. The van der Waals surface area contributed by atoms with Crippen molar-refractivity contribution in [2.75, 3.05) is 19.1 Å². The summed E-state index contributed by atoms with van der Waals surface area (Å²) in [6.07, 6.45) is 0. The molecule has 2 unspecified atom stereocenters. The molecule has 0 spiro atoms. The molecule has 0 saturated carbocycles. The predicted molar refractivity (Wildman–Crippen MR) is 117 cm³/mol. The molecular formula is C20H18BrN3O5S. The molecule has 0 radical (unpaired) electrons. The zero-order valence-corrected chi connectivity index (χ0v) is 18.5. The molecule has 0 fully saturated rings. The Morgan fingerprint density at radius 3 is 2.57 bits per heavy atom. The molecule has 0 aromatic heterocycles. The van der Waals surface area contributed by atoms with E-state index in [0.29, 0.717) is 27.2 Å². The number of thioether (sulfide) groups is 1. The van der Waals surface area contributed by atoms with Gasteiger partial charge in [0.2, 0.25) is 0 Å². The number of carbonyl (C=O) groups is 2. The summed E-state index contributed by atoms with van der Waals surface area (Å²) in [7, 11) is 3.07. The number of amides is 2. The second-order valence-corrected chi connectivity index (χ2v) is 8.84. The minimum absolute atomic E-state index is 0.0288. The first kappa shape index (κ1) is 20.7. The zero-order valence-electron chi connectivity index (χ0n) is 16.1. The van der Waals surface area contributed by atoms with Gasteiger partial charge >= 0.3 is 0 Å². The highest BCUT2D eigenvalue weighted by atomic mass is 79.9. The van der Waals surface area contributed by atoms with E-state index in [1.165, 1.54) is 12.0 Å². The fourth-order valence-corrected chi connectivity index (χ4v) is 4.98. The Morgan fingerprint density at radius 2 is 1.93 bits per heavy atom. The molecule has 8 nitrogen and oxygen atoms in total. The van der Waals surface area contributed by atoms with Crippen LogP contribution < -0.4 is 20.1 Å². The van der Waals surface area contributed by atoms with Gasteiger partial charge in [0.05, 0.1) is 26.5 Å². The van der Waals surface area contributed by atoms with Crippen LogP contribution in [0.25, 0.3) is 0 Å². The first-order valence-corrected chi connectivity index (χ1v) is 10.6. The number of methoxy groups -OCH3 is 2. The van der Waals surface area contributed by atoms with E-state index in [1.807, 2.05) is 0 Å². The van der Waals surface area contributed by atoms with Crippen LogP contribution in [0.5, 0.6) is 11.5 Å². The standard InChI is InChI=1S/C20H18BrN3O5S/c1-28-14-6-3-10(7-15(14)29-2)9-24-13-5-4-11(21)8-12(13)20(27,18(24)26)16-17(25)23-19(22)30-16/h3-8,16,27H,9H2,1-2H3,(H2,22,23,25). The van der Waals surface area contributed by atoms with Gasteiger partial charge in [-0.25, -0.2) is 0 Å². The highest BCUT2D eigenvalue weighted by molar-refractivity contribution is 9.10. The summed E-state index contributed by atoms with van der Waals surface area (Å²) in [5, 5.41) is 10.4. The van der Waals surface area contributed by atoms with E-state index in [0.717, 1.165) is 17.3 Å². The van der Waals surface area contributed by atoms with E-state index in [4.69, 9.17) is 15.2 Å². The minimum Gasteiger partial charge on any atom is -0.493 e. The van der Waals surface area contributed by atoms with E-state index in [2.05, 4.69) is 20.9 Å². The van der Waals surface area contributed by atoms with Crippen LogP contribution in [0.4, 0.5) is 5.69 Å². The quantitative estimate of drug-likeness (QED) is 0.658. The van der Waals surface area contributed by atoms with Crippen LogP contribution in [-0.4, -0.2) is 41.6 Å². The van der Waals surface area contributed by atoms with E-state index in [-0.39, 0.29) is 11.7 Å². The first-order valence-electron chi connectivity index (χ1n) is 8.89. The van der Waals surface area contributed by atoms with Crippen molar-refractivity contribution in [2.24, 2.45) is 10.7 Å². The second-order valence-electron chi connectivity index (χ2n) is 6.79. The fourth-order valence-electron chi connectivity index (χ4n) is 3.68. The minimum atomic E-state index is -2.08. The Kier molecular flexibility index (Phi) is 5.25. The molecule has 3 N–H and O–H groups in total. The molecule has 2 aliphatic heterocycles. The van der Waals surface area contributed by atoms with Crippen LogP contribution in [0.3, 0.4) is 0 Å². The molecule has 10 heteroatoms. The normalized spacial score (nSPS) is 22.9. The molecule has 0 saturated heterocycles. The van der Waals surface area contributed by atoms with Gasteiger partial charge in [0, 0.05) is 10.0 Å². The van der Waals surface area contributed by atoms with Crippen molar-refractivity contribution in [3.8, 4) is 11.5 Å². The number of nitrogens with zero attached hydrogens (tertiary/aromatic N) is 2. The summed E-state index contributed by atoms with van der Waals surface area (Å²) in [6.45, 7) is 0.165. The molecule has 4 rings (SSSR count). The van der Waals surface area contributed by atoms with Crippen LogP contribution in [-0.2, 0) is 21.7 Å². The SMILES string of the molecule is COc1ccc(CN2C(=O)C(O)(C3SC(N)=NC3=O)c3cc(Br)ccc32)cc1OC. The number of aliphatic imine (C=N–C) groups is 1. The number of hydrogen-bond acceptors (Lipinski definition) is 7. The molecule has 0 aliphatic carbocycles. The van der Waals surface area contributed by atoms with Gasteiger partial charge in [0.15, 0.2) is 22.3 Å². The lowest BCUT2D eigenvalue weighted by Gasteiger charge is -2.27. The van der Waals surface area contributed by atoms with Crippen molar-refractivity contribution < 1.29 is 24.2 Å². The molecule has 2 atom stereocenters. The molecule has 2 amide bonds. The van der Waals surface area contributed by atoms with Gasteiger partial charge in [-0.05, 0) is 35.9 Å². The molecule has 2 aliphatic rings. The third-order valence-corrected chi connectivity index (χ3v) is 6.69. The van der Waals surface area contributed by atoms with Crippen molar-refractivity contribution in [3.05, 3.63) is 52.0 Å². The summed E-state index contributed by atoms with van der Waals surface area (Å²) in [5.74, 6) is -0.153. The molecule has 30 heavy (non-hydrogen) atoms. The Morgan fingerprint density at radius 1 is 1.20 bits per heavy atom. The van der Waals surface area contributed by atoms with Gasteiger partial charge in [-0.2, -0.15) is 4.99 Å². The number of rotatable bonds is 5. The maximum atomic E-state index is 13.5. The summed E-state index contributed by atoms with van der Waals surface area (Å²) in [6, 6.07) is 10.5. The molecule has 156 valence electrons. The number of carbonyl (C=O) groups excluding carboxylic acids is 2. The number of nitrogens with two attached hydrogens (primary N) is 1. The van der Waals surface area contributed by atoms with E-state index < -0.39 is 22.7 Å². The molecule has 2 aromatic carbocycles. The lowest BCUT2D eigenvalue weighted by molar-refractivity contribution is -0.140. The number of anilines is 1. The van der Waals surface area contributed by atoms with Crippen LogP contribution >= 0.6 is 27.7 Å². The number of ether oxygens (including phenoxy) is 2. The van der Waals surface area contributed by atoms with Crippen LogP contribution in [0.15, 0.2) is 45.9 Å². The maximum Gasteiger partial charge on any atom is 0.265 e. The Bertz CT molecular complexity index is 1090. The van der Waals surface area contributed by atoms with E-state index in [9.17, 15) is 14.7 Å². The summed E-state index contributed by atoms with van der Waals surface area (Å²) in [4.78, 5) is 31.0. The highest BCUT2D eigenvalue weighted by Crippen LogP contribution is 2.49. The van der Waals surface area contributed by atoms with Crippen molar-refractivity contribution in [2.45, 2.75) is 17.4 Å². The number of amidine groups is 1. The summed E-state index contributed by atoms with van der Waals surface area (Å²) in [5.41, 5.74) is 5.20. The van der Waals surface area contributed by atoms with Gasteiger partial charge in [-0.1, -0.05) is 33.8 Å². The van der Waals surface area contributed by atoms with Crippen molar-refractivity contribution in [1.29, 1.82) is 0 Å². The highest BCUT2D eigenvalue weighted by Gasteiger charge is 2.59. The topological polar surface area (TPSA) is 114 Å². The van der Waals surface area contributed by atoms with Crippen LogP contribution in [0, 0.1) is 0 Å². The van der Waals surface area contributed by atoms with E-state index in [1.54, 1.807) is 43.5 Å². The number of benzene rings is 2. The van der Waals surface area contributed by atoms with Gasteiger partial charge in [0.25, 0.3) is 11.8 Å². The fraction of sp³-hybridized carbons (Fsp3) is 0.250. The molecular weight excluding hydrogens is 474 g/mol. The largest absolute Gasteiger partial charge is 0.493 e. The smallest absolute Gasteiger partial charge is 0.265 e. The average Bonchev–Trinajstić information content (AvgIpc) is 3.17. The molecule has 2 heterocycles. The van der Waals surface area contributed by atoms with Gasteiger partial charge in [-0.3, -0.25) is 9.59 Å². The molecule has 2 aromatic rings. The lowest BCUT2D eigenvalue weighted by Crippen LogP contribution is -2.49. The Hall–Kier alpha value is -2.56. The molecule has 0 bridgehead atoms. The zero-order chi connectivity index (χ0) is 21.6. The third-order valence-electron chi connectivity index (χ3n) is 5.08. The lowest BCUT2D eigenvalue weighted by atomic mass is 9.91. The van der Waals surface area contributed by atoms with Crippen molar-refractivity contribution >= 4 is 50.4 Å². The number of hydrogen-bond donors (Lipinski definition) is 2. The third kappa shape index (κ3) is 3.15. The van der Waals surface area contributed by atoms with Crippen molar-refractivity contribution in [3.63, 3.8) is 0 Å². The van der Waals surface area contributed by atoms with Crippen LogP contribution in [0.2, 0.25) is 0 Å². The number of fused-ring (bicyclic) bond motifs is 1. The second kappa shape index (κ2) is 7.60. The number of aliphatic hydroxyl groups is 1. The Labute approximate surface area is 185 Å². The summed E-state index contributed by atoms with van der Waals surface area (Å²) < 4.78 is 11.3. The van der Waals surface area contributed by atoms with Gasteiger partial charge in [0.1, 0.15) is 5.25 Å². The first-order chi connectivity index (χ1) is 14.3. The van der Waals surface area contributed by atoms with Gasteiger partial charge in [-0.15, -0.1) is 0 Å². The predicted octanol–water partition coefficient (Wildman–Crippen LogP) is 2.16. The van der Waals surface area contributed by atoms with E-state index >= 15 is 0 Å². The maximum absolute atomic E-state index is 13.5. The Balaban J connectivity index is 1.76. The average molecular weight is 492 g/mol. The van der Waals surface area contributed by atoms with Crippen molar-refractivity contribution in [1.82, 2.24) is 0 Å².